The maximum atomic E-state index is 5.50. The van der Waals surface area contributed by atoms with Crippen LogP contribution in [-0.2, 0) is 12.8 Å². The average molecular weight is 328 g/mol. The summed E-state index contributed by atoms with van der Waals surface area (Å²) < 4.78 is 14.2. The third-order valence-electron chi connectivity index (χ3n) is 3.85. The number of anilines is 1. The number of ether oxygens (including phenoxy) is 1. The molecule has 0 bridgehead atoms. The Bertz CT molecular complexity index is 814. The number of hydrogen-bond donors (Lipinski definition) is 1. The normalized spacial score (nSPS) is 10.9. The first-order valence-electron chi connectivity index (χ1n) is 7.73. The van der Waals surface area contributed by atoms with Gasteiger partial charge in [0.05, 0.1) is 17.4 Å². The lowest BCUT2D eigenvalue weighted by atomic mass is 10.1. The molecule has 0 aliphatic heterocycles. The molecule has 0 amide bonds. The number of nitrogens with one attached hydrogen (secondary N) is 1. The van der Waals surface area contributed by atoms with Crippen LogP contribution in [0.2, 0.25) is 0 Å². The van der Waals surface area contributed by atoms with Gasteiger partial charge in [-0.15, -0.1) is 0 Å². The van der Waals surface area contributed by atoms with Crippen LogP contribution in [0.4, 0.5) is 5.82 Å². The highest BCUT2D eigenvalue weighted by molar-refractivity contribution is 8.00. The van der Waals surface area contributed by atoms with Crippen LogP contribution < -0.4 is 9.46 Å². The first-order valence-corrected chi connectivity index (χ1v) is 8.55. The van der Waals surface area contributed by atoms with Gasteiger partial charge in [-0.25, -0.2) is 0 Å². The molecule has 120 valence electrons. The number of hydrogen-bond acceptors (Lipinski definition) is 5. The number of benzene rings is 2. The second-order valence-electron chi connectivity index (χ2n) is 5.22. The van der Waals surface area contributed by atoms with Crippen LogP contribution in [0.1, 0.15) is 25.0 Å². The fraction of sp³-hybridized carbons (Fsp3) is 0.278. The molecular formula is C18H20N2O2S. The van der Waals surface area contributed by atoms with Crippen molar-refractivity contribution in [2.45, 2.75) is 31.6 Å². The van der Waals surface area contributed by atoms with Crippen LogP contribution in [0.15, 0.2) is 45.8 Å². The van der Waals surface area contributed by atoms with Crippen molar-refractivity contribution in [3.05, 3.63) is 47.5 Å². The van der Waals surface area contributed by atoms with Gasteiger partial charge in [0.1, 0.15) is 5.75 Å². The Morgan fingerprint density at radius 3 is 2.78 bits per heavy atom. The second-order valence-corrected chi connectivity index (χ2v) is 6.07. The first-order chi connectivity index (χ1) is 11.3. The molecule has 0 aliphatic carbocycles. The molecule has 0 aliphatic rings. The molecule has 23 heavy (non-hydrogen) atoms. The molecule has 0 saturated heterocycles. The van der Waals surface area contributed by atoms with Crippen molar-refractivity contribution in [1.82, 2.24) is 5.16 Å². The van der Waals surface area contributed by atoms with Gasteiger partial charge < -0.3 is 14.0 Å². The molecule has 3 aromatic rings. The Hall–Kier alpha value is -2.14. The van der Waals surface area contributed by atoms with E-state index in [9.17, 15) is 0 Å². The predicted octanol–water partition coefficient (Wildman–Crippen LogP) is 5.08. The summed E-state index contributed by atoms with van der Waals surface area (Å²) in [4.78, 5) is 1.04. The highest BCUT2D eigenvalue weighted by atomic mass is 32.2. The van der Waals surface area contributed by atoms with Crippen molar-refractivity contribution < 1.29 is 9.26 Å². The molecule has 0 fully saturated rings. The Morgan fingerprint density at radius 1 is 1.17 bits per heavy atom. The molecular weight excluding hydrogens is 308 g/mol. The maximum Gasteiger partial charge on any atom is 0.187 e. The van der Waals surface area contributed by atoms with Crippen LogP contribution in [0.5, 0.6) is 5.75 Å². The number of methoxy groups -OCH3 is 1. The monoisotopic (exact) mass is 328 g/mol. The van der Waals surface area contributed by atoms with Gasteiger partial charge in [0.2, 0.25) is 0 Å². The zero-order chi connectivity index (χ0) is 16.2. The topological polar surface area (TPSA) is 47.3 Å². The molecule has 1 N–H and O–H groups in total. The average Bonchev–Trinajstić information content (AvgIpc) is 3.02. The summed E-state index contributed by atoms with van der Waals surface area (Å²) in [7, 11) is 1.68. The third kappa shape index (κ3) is 3.15. The van der Waals surface area contributed by atoms with E-state index < -0.39 is 0 Å². The summed E-state index contributed by atoms with van der Waals surface area (Å²) in [6, 6.07) is 12.3. The highest BCUT2D eigenvalue weighted by Gasteiger charge is 2.12. The molecule has 0 unspecified atom stereocenters. The molecule has 4 nitrogen and oxygen atoms in total. The number of fused-ring (bicyclic) bond motifs is 1. The highest BCUT2D eigenvalue weighted by Crippen LogP contribution is 2.34. The van der Waals surface area contributed by atoms with E-state index in [-0.39, 0.29) is 0 Å². The molecule has 0 radical (unpaired) electrons. The second kappa shape index (κ2) is 6.96. The Balaban J connectivity index is 1.86. The van der Waals surface area contributed by atoms with E-state index >= 15 is 0 Å². The lowest BCUT2D eigenvalue weighted by Gasteiger charge is -2.09. The number of para-hydroxylation sites is 1. The minimum absolute atomic E-state index is 0.740. The van der Waals surface area contributed by atoms with Crippen LogP contribution >= 0.6 is 11.9 Å². The van der Waals surface area contributed by atoms with Gasteiger partial charge in [-0.3, -0.25) is 0 Å². The standard InChI is InChI=1S/C18H20N2O2S/c1-4-12-9-10-15(21-3)16(11-12)23-20-18-14-8-6-7-13(5-2)17(14)22-19-18/h6-11H,4-5H2,1-3H3,(H,19,20). The predicted molar refractivity (Wildman–Crippen MR) is 95.2 cm³/mol. The zero-order valence-corrected chi connectivity index (χ0v) is 14.4. The quantitative estimate of drug-likeness (QED) is 0.639. The van der Waals surface area contributed by atoms with E-state index in [0.717, 1.165) is 40.3 Å². The van der Waals surface area contributed by atoms with Crippen molar-refractivity contribution in [1.29, 1.82) is 0 Å². The third-order valence-corrected chi connectivity index (χ3v) is 4.69. The van der Waals surface area contributed by atoms with E-state index in [1.807, 2.05) is 18.2 Å². The van der Waals surface area contributed by atoms with Crippen LogP contribution in [-0.4, -0.2) is 12.3 Å². The lowest BCUT2D eigenvalue weighted by Crippen LogP contribution is -1.93. The molecule has 0 spiro atoms. The lowest BCUT2D eigenvalue weighted by molar-refractivity contribution is 0.404. The zero-order valence-electron chi connectivity index (χ0n) is 13.6. The van der Waals surface area contributed by atoms with Crippen molar-refractivity contribution in [2.24, 2.45) is 0 Å². The van der Waals surface area contributed by atoms with Gasteiger partial charge in [0.15, 0.2) is 11.4 Å². The van der Waals surface area contributed by atoms with Gasteiger partial charge >= 0.3 is 0 Å². The van der Waals surface area contributed by atoms with Gasteiger partial charge in [0, 0.05) is 0 Å². The largest absolute Gasteiger partial charge is 0.496 e. The SMILES string of the molecule is CCc1ccc(OC)c(SNc2noc3c(CC)cccc23)c1. The van der Waals surface area contributed by atoms with Gasteiger partial charge in [-0.2, -0.15) is 0 Å². The number of aromatic nitrogens is 1. The van der Waals surface area contributed by atoms with Gasteiger partial charge in [0.25, 0.3) is 0 Å². The Labute approximate surface area is 140 Å². The van der Waals surface area contributed by atoms with Crippen molar-refractivity contribution in [2.75, 3.05) is 11.8 Å². The van der Waals surface area contributed by atoms with Gasteiger partial charge in [-0.1, -0.05) is 37.2 Å². The summed E-state index contributed by atoms with van der Waals surface area (Å²) in [5.41, 5.74) is 3.29. The molecule has 0 saturated carbocycles. The minimum Gasteiger partial charge on any atom is -0.496 e. The van der Waals surface area contributed by atoms with E-state index in [0.29, 0.717) is 0 Å². The molecule has 5 heteroatoms. The summed E-state index contributed by atoms with van der Waals surface area (Å²) in [5.74, 6) is 1.59. The van der Waals surface area contributed by atoms with Crippen molar-refractivity contribution in [3.63, 3.8) is 0 Å². The number of nitrogens with zero attached hydrogens (tertiary/aromatic N) is 1. The molecule has 1 heterocycles. The van der Waals surface area contributed by atoms with Crippen molar-refractivity contribution in [3.8, 4) is 5.75 Å². The maximum absolute atomic E-state index is 5.50. The van der Waals surface area contributed by atoms with E-state index in [4.69, 9.17) is 9.26 Å². The van der Waals surface area contributed by atoms with Gasteiger partial charge in [-0.05, 0) is 54.1 Å². The van der Waals surface area contributed by atoms with Crippen LogP contribution in [0.25, 0.3) is 11.0 Å². The Kier molecular flexibility index (Phi) is 4.76. The minimum atomic E-state index is 0.740. The van der Waals surface area contributed by atoms with E-state index in [1.165, 1.54) is 23.1 Å². The summed E-state index contributed by atoms with van der Waals surface area (Å²) >= 11 is 1.49. The molecule has 3 rings (SSSR count). The molecule has 1 aromatic heterocycles. The summed E-state index contributed by atoms with van der Waals surface area (Å²) in [5, 5.41) is 5.17. The van der Waals surface area contributed by atoms with E-state index in [2.05, 4.69) is 41.9 Å². The molecule has 2 aromatic carbocycles. The number of rotatable bonds is 6. The van der Waals surface area contributed by atoms with Crippen LogP contribution in [0.3, 0.4) is 0 Å². The number of aryl methyl sites for hydroxylation is 2. The summed E-state index contributed by atoms with van der Waals surface area (Å²) in [6.45, 7) is 4.25. The fourth-order valence-electron chi connectivity index (χ4n) is 2.50. The fourth-order valence-corrected chi connectivity index (χ4v) is 3.31. The molecule has 0 atom stereocenters. The van der Waals surface area contributed by atoms with Crippen molar-refractivity contribution >= 4 is 28.7 Å². The Morgan fingerprint density at radius 2 is 2.04 bits per heavy atom. The first kappa shape index (κ1) is 15.7. The smallest absolute Gasteiger partial charge is 0.187 e. The van der Waals surface area contributed by atoms with Crippen LogP contribution in [0, 0.1) is 0 Å². The summed E-state index contributed by atoms with van der Waals surface area (Å²) in [6.07, 6.45) is 1.91. The van der Waals surface area contributed by atoms with E-state index in [1.54, 1.807) is 7.11 Å².